The van der Waals surface area contributed by atoms with E-state index in [0.29, 0.717) is 24.6 Å². The molecule has 2 aliphatic rings. The highest BCUT2D eigenvalue weighted by Gasteiger charge is 2.32. The standard InChI is InChI=1S/C19H19ClF3N3O/c20-18-25-16-14(12-3-5-13(6-4-12)19(21,22)23)9-27-10-15(16)17(26-18)24-8-7-11-1-2-11/h3-6,11,14H,1-2,7-10H2,(H,24,25,26)/t14-/m1/s1. The van der Waals surface area contributed by atoms with Gasteiger partial charge in [0.25, 0.3) is 0 Å². The molecule has 8 heteroatoms. The van der Waals surface area contributed by atoms with E-state index in [0.717, 1.165) is 42.3 Å². The van der Waals surface area contributed by atoms with Gasteiger partial charge in [0.05, 0.1) is 30.4 Å². The lowest BCUT2D eigenvalue weighted by Crippen LogP contribution is -2.22. The Morgan fingerprint density at radius 3 is 2.56 bits per heavy atom. The number of nitrogens with one attached hydrogen (secondary N) is 1. The van der Waals surface area contributed by atoms with Crippen LogP contribution in [-0.4, -0.2) is 23.1 Å². The molecule has 1 aromatic heterocycles. The van der Waals surface area contributed by atoms with Crippen LogP contribution in [0.1, 0.15) is 47.6 Å². The molecule has 4 nitrogen and oxygen atoms in total. The van der Waals surface area contributed by atoms with Crippen molar-refractivity contribution in [1.82, 2.24) is 9.97 Å². The van der Waals surface area contributed by atoms with E-state index in [-0.39, 0.29) is 11.2 Å². The summed E-state index contributed by atoms with van der Waals surface area (Å²) in [7, 11) is 0. The number of ether oxygens (including phenoxy) is 1. The summed E-state index contributed by atoms with van der Waals surface area (Å²) in [5.74, 6) is 1.17. The van der Waals surface area contributed by atoms with Crippen LogP contribution >= 0.6 is 11.6 Å². The number of benzene rings is 1. The Morgan fingerprint density at radius 1 is 1.15 bits per heavy atom. The lowest BCUT2D eigenvalue weighted by atomic mass is 9.91. The van der Waals surface area contributed by atoms with Gasteiger partial charge in [-0.05, 0) is 41.6 Å². The molecule has 1 N–H and O–H groups in total. The van der Waals surface area contributed by atoms with Crippen molar-refractivity contribution in [2.45, 2.75) is 38.0 Å². The van der Waals surface area contributed by atoms with Gasteiger partial charge in [0, 0.05) is 12.1 Å². The fraction of sp³-hybridized carbons (Fsp3) is 0.474. The Morgan fingerprint density at radius 2 is 1.89 bits per heavy atom. The van der Waals surface area contributed by atoms with E-state index in [1.165, 1.54) is 25.0 Å². The molecular weight excluding hydrogens is 379 g/mol. The monoisotopic (exact) mass is 397 g/mol. The number of rotatable bonds is 5. The summed E-state index contributed by atoms with van der Waals surface area (Å²) >= 11 is 6.12. The van der Waals surface area contributed by atoms with Crippen LogP contribution in [0.3, 0.4) is 0 Å². The minimum absolute atomic E-state index is 0.126. The van der Waals surface area contributed by atoms with Gasteiger partial charge < -0.3 is 10.1 Å². The molecule has 1 aliphatic heterocycles. The Balaban J connectivity index is 1.61. The van der Waals surface area contributed by atoms with E-state index < -0.39 is 11.7 Å². The molecule has 1 fully saturated rings. The second-order valence-electron chi connectivity index (χ2n) is 7.05. The second-order valence-corrected chi connectivity index (χ2v) is 7.39. The number of hydrogen-bond donors (Lipinski definition) is 1. The summed E-state index contributed by atoms with van der Waals surface area (Å²) in [6, 6.07) is 5.12. The maximum Gasteiger partial charge on any atom is 0.416 e. The Kier molecular flexibility index (Phi) is 4.99. The van der Waals surface area contributed by atoms with Crippen molar-refractivity contribution in [3.63, 3.8) is 0 Å². The fourth-order valence-electron chi connectivity index (χ4n) is 3.37. The van der Waals surface area contributed by atoms with Gasteiger partial charge >= 0.3 is 6.18 Å². The van der Waals surface area contributed by atoms with Crippen LogP contribution in [0.15, 0.2) is 24.3 Å². The third-order valence-electron chi connectivity index (χ3n) is 5.06. The van der Waals surface area contributed by atoms with Crippen molar-refractivity contribution in [2.75, 3.05) is 18.5 Å². The maximum atomic E-state index is 12.8. The first kappa shape index (κ1) is 18.5. The zero-order chi connectivity index (χ0) is 19.0. The van der Waals surface area contributed by atoms with Crippen LogP contribution < -0.4 is 5.32 Å². The summed E-state index contributed by atoms with van der Waals surface area (Å²) in [6.45, 7) is 1.50. The quantitative estimate of drug-likeness (QED) is 0.719. The third kappa shape index (κ3) is 4.19. The average Bonchev–Trinajstić information content (AvgIpc) is 3.45. The topological polar surface area (TPSA) is 47.0 Å². The number of halogens is 4. The van der Waals surface area contributed by atoms with Crippen molar-refractivity contribution in [3.05, 3.63) is 51.9 Å². The van der Waals surface area contributed by atoms with Gasteiger partial charge in [0.2, 0.25) is 5.28 Å². The fourth-order valence-corrected chi connectivity index (χ4v) is 3.54. The first-order chi connectivity index (χ1) is 12.9. The number of alkyl halides is 3. The molecule has 144 valence electrons. The van der Waals surface area contributed by atoms with Gasteiger partial charge in [-0.2, -0.15) is 13.2 Å². The second kappa shape index (κ2) is 7.28. The lowest BCUT2D eigenvalue weighted by molar-refractivity contribution is -0.137. The summed E-state index contributed by atoms with van der Waals surface area (Å²) < 4.78 is 44.1. The molecule has 0 bridgehead atoms. The number of fused-ring (bicyclic) bond motifs is 1. The molecule has 1 atom stereocenters. The van der Waals surface area contributed by atoms with E-state index in [4.69, 9.17) is 16.3 Å². The Labute approximate surface area is 160 Å². The van der Waals surface area contributed by atoms with Crippen molar-refractivity contribution >= 4 is 17.4 Å². The molecule has 1 aromatic carbocycles. The summed E-state index contributed by atoms with van der Waals surface area (Å²) in [5.41, 5.74) is 1.58. The van der Waals surface area contributed by atoms with Crippen molar-refractivity contribution in [3.8, 4) is 0 Å². The smallest absolute Gasteiger partial charge is 0.376 e. The molecule has 0 amide bonds. The average molecular weight is 398 g/mol. The number of hydrogen-bond acceptors (Lipinski definition) is 4. The minimum Gasteiger partial charge on any atom is -0.376 e. The summed E-state index contributed by atoms with van der Waals surface area (Å²) in [5, 5.41) is 3.45. The van der Waals surface area contributed by atoms with Crippen LogP contribution in [0.5, 0.6) is 0 Å². The lowest BCUT2D eigenvalue weighted by Gasteiger charge is -2.27. The molecular formula is C19H19ClF3N3O. The van der Waals surface area contributed by atoms with Gasteiger partial charge in [-0.3, -0.25) is 0 Å². The van der Waals surface area contributed by atoms with Crippen LogP contribution in [0, 0.1) is 5.92 Å². The molecule has 0 unspecified atom stereocenters. The maximum absolute atomic E-state index is 12.8. The molecule has 1 saturated carbocycles. The summed E-state index contributed by atoms with van der Waals surface area (Å²) in [6.07, 6.45) is -0.712. The number of anilines is 1. The largest absolute Gasteiger partial charge is 0.416 e. The van der Waals surface area contributed by atoms with Crippen LogP contribution in [0.25, 0.3) is 0 Å². The normalized spacial score (nSPS) is 19.6. The molecule has 0 saturated heterocycles. The minimum atomic E-state index is -4.36. The number of aromatic nitrogens is 2. The molecule has 0 spiro atoms. The van der Waals surface area contributed by atoms with Crippen LogP contribution in [-0.2, 0) is 17.5 Å². The molecule has 27 heavy (non-hydrogen) atoms. The SMILES string of the molecule is FC(F)(F)c1ccc([C@H]2COCc3c(NCCC4CC4)nc(Cl)nc32)cc1. The number of nitrogens with zero attached hydrogens (tertiary/aromatic N) is 2. The molecule has 4 rings (SSSR count). The van der Waals surface area contributed by atoms with E-state index in [9.17, 15) is 13.2 Å². The van der Waals surface area contributed by atoms with Gasteiger partial charge in [-0.25, -0.2) is 9.97 Å². The predicted molar refractivity (Wildman–Crippen MR) is 95.8 cm³/mol. The van der Waals surface area contributed by atoms with Crippen LogP contribution in [0.4, 0.5) is 19.0 Å². The van der Waals surface area contributed by atoms with E-state index in [2.05, 4.69) is 15.3 Å². The van der Waals surface area contributed by atoms with E-state index in [1.54, 1.807) is 0 Å². The van der Waals surface area contributed by atoms with Crippen molar-refractivity contribution in [1.29, 1.82) is 0 Å². The van der Waals surface area contributed by atoms with E-state index in [1.807, 2.05) is 0 Å². The first-order valence-electron chi connectivity index (χ1n) is 8.97. The zero-order valence-electron chi connectivity index (χ0n) is 14.5. The Bertz CT molecular complexity index is 822. The van der Waals surface area contributed by atoms with E-state index >= 15 is 0 Å². The van der Waals surface area contributed by atoms with Gasteiger partial charge in [0.1, 0.15) is 5.82 Å². The van der Waals surface area contributed by atoms with Crippen molar-refractivity contribution < 1.29 is 17.9 Å². The highest BCUT2D eigenvalue weighted by Crippen LogP contribution is 2.37. The highest BCUT2D eigenvalue weighted by molar-refractivity contribution is 6.28. The molecule has 2 heterocycles. The van der Waals surface area contributed by atoms with Crippen LogP contribution in [0.2, 0.25) is 5.28 Å². The zero-order valence-corrected chi connectivity index (χ0v) is 15.3. The molecule has 0 radical (unpaired) electrons. The van der Waals surface area contributed by atoms with Crippen molar-refractivity contribution in [2.24, 2.45) is 5.92 Å². The van der Waals surface area contributed by atoms with Gasteiger partial charge in [0.15, 0.2) is 0 Å². The Hall–Kier alpha value is -1.86. The summed E-state index contributed by atoms with van der Waals surface area (Å²) in [4.78, 5) is 8.66. The van der Waals surface area contributed by atoms with Gasteiger partial charge in [-0.1, -0.05) is 25.0 Å². The molecule has 1 aliphatic carbocycles. The predicted octanol–water partition coefficient (Wildman–Crippen LogP) is 5.02. The van der Waals surface area contributed by atoms with Gasteiger partial charge in [-0.15, -0.1) is 0 Å². The highest BCUT2D eigenvalue weighted by atomic mass is 35.5. The first-order valence-corrected chi connectivity index (χ1v) is 9.34. The third-order valence-corrected chi connectivity index (χ3v) is 5.22. The molecule has 2 aromatic rings.